The summed E-state index contributed by atoms with van der Waals surface area (Å²) in [5.41, 5.74) is -0.434. The average Bonchev–Trinajstić information content (AvgIpc) is 2.63. The van der Waals surface area contributed by atoms with Crippen molar-refractivity contribution in [2.45, 2.75) is 6.18 Å². The molecule has 0 N–H and O–H groups in total. The van der Waals surface area contributed by atoms with Crippen molar-refractivity contribution in [3.8, 4) is 23.0 Å². The van der Waals surface area contributed by atoms with Crippen LogP contribution in [-0.2, 0) is 0 Å². The van der Waals surface area contributed by atoms with E-state index in [9.17, 15) is 18.0 Å². The standard InChI is InChI=1S/C20H13F3O3/c21-20(22,23)19(24)14-6-8-16(9-7-14)26-18-12-10-17(11-13-18)25-15-4-2-1-3-5-15/h1-13H. The minimum atomic E-state index is -4.89. The minimum absolute atomic E-state index is 0.320. The summed E-state index contributed by atoms with van der Waals surface area (Å²) >= 11 is 0. The van der Waals surface area contributed by atoms with E-state index in [-0.39, 0.29) is 0 Å². The van der Waals surface area contributed by atoms with Crippen molar-refractivity contribution in [1.29, 1.82) is 0 Å². The fraction of sp³-hybridized carbons (Fsp3) is 0.0500. The second-order valence-electron chi connectivity index (χ2n) is 5.34. The minimum Gasteiger partial charge on any atom is -0.457 e. The van der Waals surface area contributed by atoms with E-state index in [0.717, 1.165) is 12.1 Å². The van der Waals surface area contributed by atoms with Gasteiger partial charge in [-0.1, -0.05) is 18.2 Å². The molecule has 132 valence electrons. The molecule has 0 amide bonds. The zero-order valence-corrected chi connectivity index (χ0v) is 13.4. The molecule has 0 fully saturated rings. The van der Waals surface area contributed by atoms with Gasteiger partial charge in [0.1, 0.15) is 23.0 Å². The Morgan fingerprint density at radius 2 is 1.00 bits per heavy atom. The maximum Gasteiger partial charge on any atom is 0.454 e. The lowest BCUT2D eigenvalue weighted by Crippen LogP contribution is -2.22. The molecule has 0 aliphatic rings. The predicted octanol–water partition coefficient (Wildman–Crippen LogP) is 6.02. The highest BCUT2D eigenvalue weighted by molar-refractivity contribution is 6.00. The number of ketones is 1. The van der Waals surface area contributed by atoms with Crippen LogP contribution in [0.5, 0.6) is 23.0 Å². The van der Waals surface area contributed by atoms with Gasteiger partial charge in [-0.2, -0.15) is 13.2 Å². The fourth-order valence-electron chi connectivity index (χ4n) is 2.17. The third-order valence-electron chi connectivity index (χ3n) is 3.41. The van der Waals surface area contributed by atoms with Crippen LogP contribution < -0.4 is 9.47 Å². The Balaban J connectivity index is 1.65. The van der Waals surface area contributed by atoms with Crippen molar-refractivity contribution in [2.24, 2.45) is 0 Å². The molecule has 0 saturated heterocycles. The molecule has 26 heavy (non-hydrogen) atoms. The zero-order valence-electron chi connectivity index (χ0n) is 13.4. The van der Waals surface area contributed by atoms with E-state index in [1.165, 1.54) is 12.1 Å². The van der Waals surface area contributed by atoms with Crippen LogP contribution in [0.1, 0.15) is 10.4 Å². The summed E-state index contributed by atoms with van der Waals surface area (Å²) in [6, 6.07) is 20.8. The number of hydrogen-bond donors (Lipinski definition) is 0. The number of benzene rings is 3. The molecule has 0 saturated carbocycles. The zero-order chi connectivity index (χ0) is 18.6. The molecule has 0 radical (unpaired) electrons. The van der Waals surface area contributed by atoms with Crippen molar-refractivity contribution < 1.29 is 27.4 Å². The van der Waals surface area contributed by atoms with Gasteiger partial charge in [0.05, 0.1) is 0 Å². The molecule has 3 nitrogen and oxygen atoms in total. The molecule has 0 heterocycles. The summed E-state index contributed by atoms with van der Waals surface area (Å²) in [4.78, 5) is 11.1. The lowest BCUT2D eigenvalue weighted by atomic mass is 10.1. The molecule has 3 rings (SSSR count). The lowest BCUT2D eigenvalue weighted by molar-refractivity contribution is -0.0885. The first-order valence-electron chi connectivity index (χ1n) is 7.64. The number of halogens is 3. The van der Waals surface area contributed by atoms with Gasteiger partial charge in [-0.25, -0.2) is 0 Å². The Hall–Kier alpha value is -3.28. The topological polar surface area (TPSA) is 35.5 Å². The Morgan fingerprint density at radius 1 is 0.615 bits per heavy atom. The third-order valence-corrected chi connectivity index (χ3v) is 3.41. The summed E-state index contributed by atoms with van der Waals surface area (Å²) in [6.45, 7) is 0. The molecule has 6 heteroatoms. The maximum absolute atomic E-state index is 12.4. The highest BCUT2D eigenvalue weighted by atomic mass is 19.4. The van der Waals surface area contributed by atoms with E-state index in [1.807, 2.05) is 30.3 Å². The van der Waals surface area contributed by atoms with Crippen LogP contribution in [0.2, 0.25) is 0 Å². The number of Topliss-reactive ketones (excluding diaryl/α,β-unsaturated/α-hetero) is 1. The molecule has 0 atom stereocenters. The highest BCUT2D eigenvalue weighted by Crippen LogP contribution is 2.28. The van der Waals surface area contributed by atoms with E-state index in [0.29, 0.717) is 23.0 Å². The molecule has 3 aromatic rings. The molecule has 0 spiro atoms. The number of hydrogen-bond acceptors (Lipinski definition) is 3. The molecule has 0 aliphatic heterocycles. The lowest BCUT2D eigenvalue weighted by Gasteiger charge is -2.09. The van der Waals surface area contributed by atoms with Gasteiger partial charge in [-0.15, -0.1) is 0 Å². The van der Waals surface area contributed by atoms with Crippen LogP contribution in [0.3, 0.4) is 0 Å². The first-order chi connectivity index (χ1) is 12.4. The van der Waals surface area contributed by atoms with Crippen LogP contribution in [-0.4, -0.2) is 12.0 Å². The molecular weight excluding hydrogens is 345 g/mol. The average molecular weight is 358 g/mol. The third kappa shape index (κ3) is 4.42. The SMILES string of the molecule is O=C(c1ccc(Oc2ccc(Oc3ccccc3)cc2)cc1)C(F)(F)F. The smallest absolute Gasteiger partial charge is 0.454 e. The molecular formula is C20H13F3O3. The maximum atomic E-state index is 12.4. The molecule has 0 bridgehead atoms. The first-order valence-corrected chi connectivity index (χ1v) is 7.64. The number of carbonyl (C=O) groups excluding carboxylic acids is 1. The predicted molar refractivity (Wildman–Crippen MR) is 89.9 cm³/mol. The van der Waals surface area contributed by atoms with Crippen molar-refractivity contribution >= 4 is 5.78 Å². The van der Waals surface area contributed by atoms with Crippen molar-refractivity contribution in [3.05, 3.63) is 84.4 Å². The van der Waals surface area contributed by atoms with Gasteiger partial charge in [0.2, 0.25) is 0 Å². The summed E-state index contributed by atoms with van der Waals surface area (Å²) in [5, 5.41) is 0. The van der Waals surface area contributed by atoms with E-state index in [1.54, 1.807) is 24.3 Å². The number of ether oxygens (including phenoxy) is 2. The molecule has 0 aromatic heterocycles. The number of alkyl halides is 3. The normalized spacial score (nSPS) is 11.0. The van der Waals surface area contributed by atoms with Gasteiger partial charge in [-0.3, -0.25) is 4.79 Å². The quantitative estimate of drug-likeness (QED) is 0.524. The summed E-state index contributed by atoms with van der Waals surface area (Å²) in [6.07, 6.45) is -4.89. The van der Waals surface area contributed by atoms with Gasteiger partial charge < -0.3 is 9.47 Å². The fourth-order valence-corrected chi connectivity index (χ4v) is 2.17. The second kappa shape index (κ2) is 7.31. The summed E-state index contributed by atoms with van der Waals surface area (Å²) < 4.78 is 48.4. The van der Waals surface area contributed by atoms with Crippen molar-refractivity contribution in [1.82, 2.24) is 0 Å². The van der Waals surface area contributed by atoms with Gasteiger partial charge in [0.15, 0.2) is 0 Å². The Kier molecular flexibility index (Phi) is 4.93. The summed E-state index contributed by atoms with van der Waals surface area (Å²) in [5.74, 6) is 0.244. The van der Waals surface area contributed by atoms with E-state index in [4.69, 9.17) is 9.47 Å². The first kappa shape index (κ1) is 17.5. The highest BCUT2D eigenvalue weighted by Gasteiger charge is 2.39. The monoisotopic (exact) mass is 358 g/mol. The van der Waals surface area contributed by atoms with Crippen molar-refractivity contribution in [3.63, 3.8) is 0 Å². The number of para-hydroxylation sites is 1. The Labute approximate surface area is 147 Å². The summed E-state index contributed by atoms with van der Waals surface area (Å²) in [7, 11) is 0. The molecule has 0 aliphatic carbocycles. The van der Waals surface area contributed by atoms with E-state index < -0.39 is 17.5 Å². The second-order valence-corrected chi connectivity index (χ2v) is 5.34. The van der Waals surface area contributed by atoms with Crippen LogP contribution in [0.15, 0.2) is 78.9 Å². The largest absolute Gasteiger partial charge is 0.457 e. The van der Waals surface area contributed by atoms with Gasteiger partial charge >= 0.3 is 6.18 Å². The van der Waals surface area contributed by atoms with E-state index in [2.05, 4.69) is 0 Å². The number of carbonyl (C=O) groups is 1. The van der Waals surface area contributed by atoms with Crippen molar-refractivity contribution in [2.75, 3.05) is 0 Å². The van der Waals surface area contributed by atoms with E-state index >= 15 is 0 Å². The van der Waals surface area contributed by atoms with Gasteiger partial charge in [0.25, 0.3) is 5.78 Å². The number of rotatable bonds is 5. The van der Waals surface area contributed by atoms with Gasteiger partial charge in [-0.05, 0) is 60.7 Å². The molecule has 3 aromatic carbocycles. The Bertz CT molecular complexity index is 871. The molecule has 0 unspecified atom stereocenters. The Morgan fingerprint density at radius 3 is 1.42 bits per heavy atom. The van der Waals surface area contributed by atoms with Crippen LogP contribution in [0.25, 0.3) is 0 Å². The van der Waals surface area contributed by atoms with Crippen LogP contribution in [0.4, 0.5) is 13.2 Å². The van der Waals surface area contributed by atoms with Crippen LogP contribution in [0, 0.1) is 0 Å². The van der Waals surface area contributed by atoms with Crippen LogP contribution >= 0.6 is 0 Å². The van der Waals surface area contributed by atoms with Gasteiger partial charge in [0, 0.05) is 5.56 Å².